The minimum Gasteiger partial charge on any atom is -0.508 e. The van der Waals surface area contributed by atoms with E-state index in [9.17, 15) is 9.90 Å². The number of thiophene rings is 1. The third kappa shape index (κ3) is 5.09. The van der Waals surface area contributed by atoms with Crippen molar-refractivity contribution in [1.82, 2.24) is 4.90 Å². The molecule has 1 aromatic heterocycles. The van der Waals surface area contributed by atoms with Crippen LogP contribution in [0, 0.1) is 12.3 Å². The number of rotatable bonds is 7. The predicted octanol–water partition coefficient (Wildman–Crippen LogP) is 6.35. The van der Waals surface area contributed by atoms with Crippen LogP contribution in [0.4, 0.5) is 0 Å². The van der Waals surface area contributed by atoms with Gasteiger partial charge < -0.3 is 9.84 Å². The summed E-state index contributed by atoms with van der Waals surface area (Å²) in [7, 11) is 0. The number of piperidine rings is 1. The van der Waals surface area contributed by atoms with Crippen LogP contribution in [0.2, 0.25) is 0 Å². The van der Waals surface area contributed by atoms with Gasteiger partial charge in [0.1, 0.15) is 18.1 Å². The van der Waals surface area contributed by atoms with E-state index in [0.717, 1.165) is 51.5 Å². The lowest BCUT2D eigenvalue weighted by Crippen LogP contribution is -2.33. The third-order valence-electron chi connectivity index (χ3n) is 6.45. The second kappa shape index (κ2) is 10.4. The number of ether oxygens (including phenoxy) is 1. The monoisotopic (exact) mass is 481 g/mol. The first kappa shape index (κ1) is 23.2. The number of hydrogen-bond donors (Lipinski definition) is 1. The number of aromatic hydroxyl groups is 1. The van der Waals surface area contributed by atoms with E-state index >= 15 is 0 Å². The average Bonchev–Trinajstić information content (AvgIpc) is 3.28. The lowest BCUT2D eigenvalue weighted by atomic mass is 9.97. The highest BCUT2D eigenvalue weighted by atomic mass is 32.1. The highest BCUT2D eigenvalue weighted by Crippen LogP contribution is 2.40. The van der Waals surface area contributed by atoms with Gasteiger partial charge in [0.15, 0.2) is 5.78 Å². The van der Waals surface area contributed by atoms with Crippen LogP contribution >= 0.6 is 11.3 Å². The van der Waals surface area contributed by atoms with Crippen molar-refractivity contribution in [2.75, 3.05) is 26.2 Å². The van der Waals surface area contributed by atoms with Crippen LogP contribution in [0.25, 0.3) is 20.5 Å². The zero-order valence-electron chi connectivity index (χ0n) is 19.5. The highest BCUT2D eigenvalue weighted by molar-refractivity contribution is 7.22. The lowest BCUT2D eigenvalue weighted by molar-refractivity contribution is 0.104. The van der Waals surface area contributed by atoms with E-state index in [-0.39, 0.29) is 11.5 Å². The van der Waals surface area contributed by atoms with Crippen molar-refractivity contribution in [3.8, 4) is 34.3 Å². The summed E-state index contributed by atoms with van der Waals surface area (Å²) in [5.74, 6) is 3.58. The van der Waals surface area contributed by atoms with E-state index < -0.39 is 0 Å². The number of terminal acetylenes is 1. The summed E-state index contributed by atoms with van der Waals surface area (Å²) >= 11 is 1.54. The van der Waals surface area contributed by atoms with E-state index in [1.165, 1.54) is 30.6 Å². The summed E-state index contributed by atoms with van der Waals surface area (Å²) < 4.78 is 6.90. The molecule has 0 saturated carbocycles. The van der Waals surface area contributed by atoms with E-state index in [0.29, 0.717) is 17.7 Å². The van der Waals surface area contributed by atoms with Crippen molar-refractivity contribution in [1.29, 1.82) is 0 Å². The molecule has 1 aliphatic rings. The number of hydrogen-bond acceptors (Lipinski definition) is 5. The molecular weight excluding hydrogens is 454 g/mol. The van der Waals surface area contributed by atoms with Crippen molar-refractivity contribution >= 4 is 27.2 Å². The molecule has 35 heavy (non-hydrogen) atoms. The van der Waals surface area contributed by atoms with Gasteiger partial charge in [-0.15, -0.1) is 17.8 Å². The fourth-order valence-electron chi connectivity index (χ4n) is 4.55. The van der Waals surface area contributed by atoms with Crippen LogP contribution in [0.15, 0.2) is 66.7 Å². The van der Waals surface area contributed by atoms with Gasteiger partial charge in [0.05, 0.1) is 0 Å². The Kier molecular flexibility index (Phi) is 6.85. The number of fused-ring (bicyclic) bond motifs is 1. The summed E-state index contributed by atoms with van der Waals surface area (Å²) in [5, 5.41) is 10.6. The Morgan fingerprint density at radius 3 is 2.46 bits per heavy atom. The Bertz CT molecular complexity index is 1370. The largest absolute Gasteiger partial charge is 0.508 e. The maximum absolute atomic E-state index is 13.7. The Morgan fingerprint density at radius 1 is 1.00 bits per heavy atom. The predicted molar refractivity (Wildman–Crippen MR) is 143 cm³/mol. The van der Waals surface area contributed by atoms with E-state index in [1.54, 1.807) is 12.1 Å². The molecule has 0 spiro atoms. The smallest absolute Gasteiger partial charge is 0.195 e. The van der Waals surface area contributed by atoms with Gasteiger partial charge in [-0.3, -0.25) is 9.69 Å². The summed E-state index contributed by atoms with van der Waals surface area (Å²) in [6, 6.07) is 20.1. The maximum atomic E-state index is 13.7. The molecule has 1 N–H and O–H groups in total. The number of carbonyl (C=O) groups excluding carboxylic acids is 1. The topological polar surface area (TPSA) is 49.8 Å². The van der Waals surface area contributed by atoms with Gasteiger partial charge in [-0.2, -0.15) is 0 Å². The molecule has 0 unspecified atom stereocenters. The standard InChI is InChI=1S/C30H27NO3S/c1-2-21-6-15-26-27(20-21)35-30(23-7-11-24(32)12-8-23)28(26)29(33)22-9-13-25(14-10-22)34-19-18-31-16-4-3-5-17-31/h1,6-15,20,32H,3-5,16-19H2. The first-order valence-electron chi connectivity index (χ1n) is 11.9. The van der Waals surface area contributed by atoms with Crippen molar-refractivity contribution in [2.45, 2.75) is 19.3 Å². The molecule has 4 nitrogen and oxygen atoms in total. The van der Waals surface area contributed by atoms with Crippen LogP contribution in [0.5, 0.6) is 11.5 Å². The van der Waals surface area contributed by atoms with Crippen LogP contribution in [0.3, 0.4) is 0 Å². The summed E-state index contributed by atoms with van der Waals surface area (Å²) in [5.41, 5.74) is 2.92. The number of ketones is 1. The molecule has 0 atom stereocenters. The third-order valence-corrected chi connectivity index (χ3v) is 7.66. The molecule has 2 heterocycles. The quantitative estimate of drug-likeness (QED) is 0.247. The molecule has 1 saturated heterocycles. The minimum absolute atomic E-state index is 0.0485. The molecule has 0 aliphatic carbocycles. The number of nitrogens with zero attached hydrogens (tertiary/aromatic N) is 1. The Morgan fingerprint density at radius 2 is 1.74 bits per heavy atom. The van der Waals surface area contributed by atoms with Gasteiger partial charge >= 0.3 is 0 Å². The summed E-state index contributed by atoms with van der Waals surface area (Å²) in [6.07, 6.45) is 9.46. The first-order chi connectivity index (χ1) is 17.1. The number of phenols is 1. The summed E-state index contributed by atoms with van der Waals surface area (Å²) in [4.78, 5) is 17.0. The molecule has 5 heteroatoms. The normalized spacial score (nSPS) is 14.0. The molecule has 3 aromatic carbocycles. The SMILES string of the molecule is C#Cc1ccc2c(C(=O)c3ccc(OCCN4CCCCC4)cc3)c(-c3ccc(O)cc3)sc2c1. The van der Waals surface area contributed by atoms with Gasteiger partial charge in [-0.05, 0) is 92.2 Å². The van der Waals surface area contributed by atoms with E-state index in [2.05, 4.69) is 10.8 Å². The lowest BCUT2D eigenvalue weighted by Gasteiger charge is -2.26. The van der Waals surface area contributed by atoms with E-state index in [4.69, 9.17) is 11.2 Å². The van der Waals surface area contributed by atoms with Crippen LogP contribution in [-0.2, 0) is 0 Å². The summed E-state index contributed by atoms with van der Waals surface area (Å²) in [6.45, 7) is 3.87. The second-order valence-corrected chi connectivity index (χ2v) is 9.86. The molecule has 0 bridgehead atoms. The maximum Gasteiger partial charge on any atom is 0.195 e. The van der Waals surface area contributed by atoms with Crippen LogP contribution in [0.1, 0.15) is 40.7 Å². The second-order valence-electron chi connectivity index (χ2n) is 8.81. The molecule has 5 rings (SSSR count). The van der Waals surface area contributed by atoms with Gasteiger partial charge in [-0.25, -0.2) is 0 Å². The first-order valence-corrected chi connectivity index (χ1v) is 12.8. The van der Waals surface area contributed by atoms with Crippen molar-refractivity contribution in [3.63, 3.8) is 0 Å². The Balaban J connectivity index is 1.41. The Hall–Kier alpha value is -3.59. The number of benzene rings is 3. The minimum atomic E-state index is -0.0485. The average molecular weight is 482 g/mol. The van der Waals surface area contributed by atoms with Gasteiger partial charge in [0.25, 0.3) is 0 Å². The Labute approximate surface area is 209 Å². The zero-order valence-corrected chi connectivity index (χ0v) is 20.3. The fourth-order valence-corrected chi connectivity index (χ4v) is 5.79. The van der Waals surface area contributed by atoms with Crippen molar-refractivity contribution < 1.29 is 14.6 Å². The zero-order chi connectivity index (χ0) is 24.2. The van der Waals surface area contributed by atoms with Gasteiger partial charge in [0.2, 0.25) is 0 Å². The number of carbonyl (C=O) groups is 1. The van der Waals surface area contributed by atoms with Crippen molar-refractivity contribution in [2.24, 2.45) is 0 Å². The molecule has 1 fully saturated rings. The van der Waals surface area contributed by atoms with Crippen LogP contribution < -0.4 is 4.74 Å². The fraction of sp³-hybridized carbons (Fsp3) is 0.233. The highest BCUT2D eigenvalue weighted by Gasteiger charge is 2.22. The van der Waals surface area contributed by atoms with Crippen LogP contribution in [-0.4, -0.2) is 42.0 Å². The number of likely N-dealkylation sites (tertiary alicyclic amines) is 1. The van der Waals surface area contributed by atoms with Crippen molar-refractivity contribution in [3.05, 3.63) is 83.4 Å². The van der Waals surface area contributed by atoms with Gasteiger partial charge in [0, 0.05) is 38.2 Å². The molecule has 0 amide bonds. The number of phenolic OH excluding ortho intramolecular Hbond substituents is 1. The van der Waals surface area contributed by atoms with Gasteiger partial charge in [-0.1, -0.05) is 18.4 Å². The molecule has 0 radical (unpaired) electrons. The molecule has 1 aliphatic heterocycles. The molecule has 4 aromatic rings. The van der Waals surface area contributed by atoms with E-state index in [1.807, 2.05) is 54.6 Å². The molecule has 176 valence electrons. The molecular formula is C30H27NO3S.